The number of anilines is 1. The van der Waals surface area contributed by atoms with Crippen LogP contribution < -0.4 is 5.32 Å². The van der Waals surface area contributed by atoms with Crippen LogP contribution in [0.25, 0.3) is 0 Å². The van der Waals surface area contributed by atoms with Gasteiger partial charge in [-0.25, -0.2) is 0 Å². The van der Waals surface area contributed by atoms with E-state index < -0.39 is 0 Å². The van der Waals surface area contributed by atoms with Gasteiger partial charge in [0, 0.05) is 34.1 Å². The second-order valence-electron chi connectivity index (χ2n) is 5.68. The number of likely N-dealkylation sites (tertiary alicyclic amines) is 1. The second kappa shape index (κ2) is 7.25. The number of rotatable bonds is 4. The van der Waals surface area contributed by atoms with Crippen molar-refractivity contribution in [1.29, 1.82) is 0 Å². The molecule has 2 aromatic rings. The van der Waals surface area contributed by atoms with Crippen LogP contribution in [-0.2, 0) is 16.1 Å². The highest BCUT2D eigenvalue weighted by Crippen LogP contribution is 2.23. The van der Waals surface area contributed by atoms with E-state index in [1.807, 2.05) is 0 Å². The number of nitrogens with zero attached hydrogens (tertiary/aromatic N) is 1. The summed E-state index contributed by atoms with van der Waals surface area (Å²) in [5.41, 5.74) is 1.73. The molecule has 7 heteroatoms. The van der Waals surface area contributed by atoms with Crippen molar-refractivity contribution in [2.24, 2.45) is 0 Å². The van der Waals surface area contributed by atoms with Crippen LogP contribution in [0.2, 0.25) is 10.0 Å². The zero-order valence-corrected chi connectivity index (χ0v) is 14.6. The standard InChI is InChI=1S/C18H14Cl2N2O3/c19-13-7-14(20)9-15(8-13)21-18(25)12-3-1-11(2-4-12)10-22-16(23)5-6-17(22)24/h1-4,7-9H,5-6,10H2,(H,21,25). The van der Waals surface area contributed by atoms with E-state index in [1.54, 1.807) is 42.5 Å². The molecule has 1 aliphatic rings. The highest BCUT2D eigenvalue weighted by Gasteiger charge is 2.28. The van der Waals surface area contributed by atoms with Crippen molar-refractivity contribution in [2.45, 2.75) is 19.4 Å². The Morgan fingerprint density at radius 3 is 2.08 bits per heavy atom. The van der Waals surface area contributed by atoms with Crippen molar-refractivity contribution < 1.29 is 14.4 Å². The summed E-state index contributed by atoms with van der Waals surface area (Å²) in [7, 11) is 0. The van der Waals surface area contributed by atoms with E-state index in [9.17, 15) is 14.4 Å². The lowest BCUT2D eigenvalue weighted by atomic mass is 10.1. The molecule has 0 saturated carbocycles. The largest absolute Gasteiger partial charge is 0.322 e. The third kappa shape index (κ3) is 4.18. The van der Waals surface area contributed by atoms with Crippen LogP contribution >= 0.6 is 23.2 Å². The zero-order chi connectivity index (χ0) is 18.0. The van der Waals surface area contributed by atoms with Crippen LogP contribution in [-0.4, -0.2) is 22.6 Å². The van der Waals surface area contributed by atoms with E-state index in [0.29, 0.717) is 21.3 Å². The molecular weight excluding hydrogens is 363 g/mol. The third-order valence-corrected chi connectivity index (χ3v) is 4.27. The van der Waals surface area contributed by atoms with Crippen LogP contribution in [0.1, 0.15) is 28.8 Å². The molecule has 3 amide bonds. The summed E-state index contributed by atoms with van der Waals surface area (Å²) in [5.74, 6) is -0.632. The Kier molecular flexibility index (Phi) is 5.06. The number of carbonyl (C=O) groups is 3. The number of amides is 3. The highest BCUT2D eigenvalue weighted by molar-refractivity contribution is 6.35. The van der Waals surface area contributed by atoms with Gasteiger partial charge in [-0.2, -0.15) is 0 Å². The summed E-state index contributed by atoms with van der Waals surface area (Å²) in [6.45, 7) is 0.226. The maximum absolute atomic E-state index is 12.3. The molecule has 2 aromatic carbocycles. The zero-order valence-electron chi connectivity index (χ0n) is 13.1. The number of nitrogens with one attached hydrogen (secondary N) is 1. The van der Waals surface area contributed by atoms with E-state index in [-0.39, 0.29) is 37.1 Å². The number of imide groups is 1. The SMILES string of the molecule is O=C(Nc1cc(Cl)cc(Cl)c1)c1ccc(CN2C(=O)CCC2=O)cc1. The van der Waals surface area contributed by atoms with Gasteiger partial charge in [0.15, 0.2) is 0 Å². The number of carbonyl (C=O) groups excluding carboxylic acids is 3. The summed E-state index contributed by atoms with van der Waals surface area (Å²) < 4.78 is 0. The fourth-order valence-corrected chi connectivity index (χ4v) is 3.10. The first kappa shape index (κ1) is 17.5. The van der Waals surface area contributed by atoms with Crippen LogP contribution in [0.15, 0.2) is 42.5 Å². The molecular formula is C18H14Cl2N2O3. The fourth-order valence-electron chi connectivity index (χ4n) is 2.57. The van der Waals surface area contributed by atoms with Gasteiger partial charge in [-0.3, -0.25) is 19.3 Å². The molecule has 25 heavy (non-hydrogen) atoms. The van der Waals surface area contributed by atoms with Crippen LogP contribution in [0.3, 0.4) is 0 Å². The molecule has 0 atom stereocenters. The van der Waals surface area contributed by atoms with E-state index in [4.69, 9.17) is 23.2 Å². The lowest BCUT2D eigenvalue weighted by Crippen LogP contribution is -2.28. The van der Waals surface area contributed by atoms with Crippen molar-refractivity contribution in [3.8, 4) is 0 Å². The average Bonchev–Trinajstić information content (AvgIpc) is 2.86. The highest BCUT2D eigenvalue weighted by atomic mass is 35.5. The lowest BCUT2D eigenvalue weighted by Gasteiger charge is -2.14. The maximum Gasteiger partial charge on any atom is 0.255 e. The van der Waals surface area contributed by atoms with Crippen molar-refractivity contribution in [3.05, 3.63) is 63.6 Å². The predicted molar refractivity (Wildman–Crippen MR) is 95.6 cm³/mol. The summed E-state index contributed by atoms with van der Waals surface area (Å²) in [6, 6.07) is 11.5. The van der Waals surface area contributed by atoms with Crippen LogP contribution in [0, 0.1) is 0 Å². The summed E-state index contributed by atoms with van der Waals surface area (Å²) in [4.78, 5) is 36.8. The Labute approximate surface area is 154 Å². The minimum Gasteiger partial charge on any atom is -0.322 e. The molecule has 0 unspecified atom stereocenters. The molecule has 128 valence electrons. The van der Waals surface area contributed by atoms with Gasteiger partial charge in [-0.05, 0) is 35.9 Å². The molecule has 0 radical (unpaired) electrons. The Bertz CT molecular complexity index is 814. The van der Waals surface area contributed by atoms with Gasteiger partial charge >= 0.3 is 0 Å². The van der Waals surface area contributed by atoms with Crippen LogP contribution in [0.5, 0.6) is 0 Å². The maximum atomic E-state index is 12.3. The minimum atomic E-state index is -0.307. The van der Waals surface area contributed by atoms with Gasteiger partial charge in [0.05, 0.1) is 6.54 Å². The first-order valence-electron chi connectivity index (χ1n) is 7.62. The number of hydrogen-bond acceptors (Lipinski definition) is 3. The van der Waals surface area contributed by atoms with Gasteiger partial charge in [0.1, 0.15) is 0 Å². The molecule has 0 aromatic heterocycles. The molecule has 1 N–H and O–H groups in total. The van der Waals surface area contributed by atoms with Gasteiger partial charge in [0.2, 0.25) is 11.8 Å². The average molecular weight is 377 g/mol. The van der Waals surface area contributed by atoms with Gasteiger partial charge < -0.3 is 5.32 Å². The smallest absolute Gasteiger partial charge is 0.255 e. The molecule has 5 nitrogen and oxygen atoms in total. The van der Waals surface area contributed by atoms with E-state index in [2.05, 4.69) is 5.32 Å². The quantitative estimate of drug-likeness (QED) is 0.822. The minimum absolute atomic E-state index is 0.162. The Hall–Kier alpha value is -2.37. The molecule has 1 saturated heterocycles. The molecule has 1 heterocycles. The van der Waals surface area contributed by atoms with Gasteiger partial charge in [-0.1, -0.05) is 35.3 Å². The normalized spacial score (nSPS) is 14.1. The Morgan fingerprint density at radius 2 is 1.52 bits per heavy atom. The van der Waals surface area contributed by atoms with Crippen LogP contribution in [0.4, 0.5) is 5.69 Å². The molecule has 0 aliphatic carbocycles. The van der Waals surface area contributed by atoms with Crippen molar-refractivity contribution in [3.63, 3.8) is 0 Å². The lowest BCUT2D eigenvalue weighted by molar-refractivity contribution is -0.139. The molecule has 1 fully saturated rings. The summed E-state index contributed by atoms with van der Waals surface area (Å²) >= 11 is 11.8. The molecule has 0 spiro atoms. The summed E-state index contributed by atoms with van der Waals surface area (Å²) in [6.07, 6.45) is 0.531. The monoisotopic (exact) mass is 376 g/mol. The topological polar surface area (TPSA) is 66.5 Å². The Balaban J connectivity index is 1.68. The fraction of sp³-hybridized carbons (Fsp3) is 0.167. The Morgan fingerprint density at radius 1 is 0.960 bits per heavy atom. The van der Waals surface area contributed by atoms with E-state index in [1.165, 1.54) is 4.90 Å². The van der Waals surface area contributed by atoms with Crippen molar-refractivity contribution in [1.82, 2.24) is 4.90 Å². The van der Waals surface area contributed by atoms with E-state index in [0.717, 1.165) is 5.56 Å². The number of halogens is 2. The molecule has 0 bridgehead atoms. The molecule has 3 rings (SSSR count). The number of hydrogen-bond donors (Lipinski definition) is 1. The summed E-state index contributed by atoms with van der Waals surface area (Å²) in [5, 5.41) is 3.58. The third-order valence-electron chi connectivity index (χ3n) is 3.83. The van der Waals surface area contributed by atoms with Gasteiger partial charge in [0.25, 0.3) is 5.91 Å². The predicted octanol–water partition coefficient (Wildman–Crippen LogP) is 3.89. The first-order chi connectivity index (χ1) is 11.9. The van der Waals surface area contributed by atoms with Gasteiger partial charge in [-0.15, -0.1) is 0 Å². The number of benzene rings is 2. The first-order valence-corrected chi connectivity index (χ1v) is 8.37. The second-order valence-corrected chi connectivity index (χ2v) is 6.56. The van der Waals surface area contributed by atoms with E-state index >= 15 is 0 Å². The van der Waals surface area contributed by atoms with Crippen molar-refractivity contribution in [2.75, 3.05) is 5.32 Å². The molecule has 1 aliphatic heterocycles. The van der Waals surface area contributed by atoms with Crippen molar-refractivity contribution >= 4 is 46.6 Å².